The number of benzene rings is 1. The van der Waals surface area contributed by atoms with E-state index < -0.39 is 38.3 Å². The van der Waals surface area contributed by atoms with Crippen molar-refractivity contribution in [2.75, 3.05) is 18.5 Å². The van der Waals surface area contributed by atoms with Crippen LogP contribution in [-0.4, -0.2) is 56.6 Å². The van der Waals surface area contributed by atoms with Crippen molar-refractivity contribution < 1.29 is 23.7 Å². The summed E-state index contributed by atoms with van der Waals surface area (Å²) in [5.41, 5.74) is 0.0987. The van der Waals surface area contributed by atoms with Gasteiger partial charge in [0.25, 0.3) is 8.53 Å². The lowest BCUT2D eigenvalue weighted by Gasteiger charge is -2.29. The quantitative estimate of drug-likeness (QED) is 0.596. The zero-order valence-electron chi connectivity index (χ0n) is 19.2. The van der Waals surface area contributed by atoms with Crippen LogP contribution in [-0.2, 0) is 24.2 Å². The van der Waals surface area contributed by atoms with Crippen LogP contribution in [0.1, 0.15) is 44.9 Å². The van der Waals surface area contributed by atoms with Gasteiger partial charge in [0.1, 0.15) is 23.8 Å². The van der Waals surface area contributed by atoms with Gasteiger partial charge in [-0.05, 0) is 31.4 Å². The summed E-state index contributed by atoms with van der Waals surface area (Å²) in [6, 6.07) is 12.0. The number of nitrogens with one attached hydrogen (secondary N) is 1. The highest BCUT2D eigenvalue weighted by Gasteiger charge is 2.56. The summed E-state index contributed by atoms with van der Waals surface area (Å²) in [7, 11) is -1.36. The second kappa shape index (κ2) is 9.45. The van der Waals surface area contributed by atoms with Crippen molar-refractivity contribution in [2.24, 2.45) is 0 Å². The molecule has 3 fully saturated rings. The zero-order chi connectivity index (χ0) is 23.9. The molecule has 3 aliphatic rings. The van der Waals surface area contributed by atoms with Gasteiger partial charge in [-0.3, -0.25) is 9.36 Å². The Morgan fingerprint density at radius 1 is 1.35 bits per heavy atom. The fourth-order valence-corrected chi connectivity index (χ4v) is 7.16. The van der Waals surface area contributed by atoms with Crippen LogP contribution in [0.4, 0.5) is 5.82 Å². The summed E-state index contributed by atoms with van der Waals surface area (Å²) >= 11 is 0. The number of aromatic nitrogens is 2. The number of aliphatic hydroxyl groups is 1. The monoisotopic (exact) mass is 488 g/mol. The Kier molecular flexibility index (Phi) is 6.54. The third-order valence-corrected chi connectivity index (χ3v) is 8.60. The fourth-order valence-electron chi connectivity index (χ4n) is 5.02. The van der Waals surface area contributed by atoms with Gasteiger partial charge in [-0.1, -0.05) is 30.3 Å². The standard InChI is InChI=1S/C23H29N4O6P/c1-15(29)24-20-10-12-26(22(30)25-20)21-13-17(18(14-28)31-21)32-34-27-11-6-9-19(27)23(2,33-34)16-7-4-3-5-8-16/h3-5,7-8,10,12,17-19,21,28H,6,9,11,13-14H2,1-2H3,(H,24,25,29,30)/t17-,18-,19+,21-,23-,34+/m1/s1. The number of anilines is 1. The zero-order valence-corrected chi connectivity index (χ0v) is 20.1. The van der Waals surface area contributed by atoms with Crippen LogP contribution in [0.25, 0.3) is 0 Å². The highest BCUT2D eigenvalue weighted by atomic mass is 31.2. The van der Waals surface area contributed by atoms with E-state index in [9.17, 15) is 14.7 Å². The van der Waals surface area contributed by atoms with Gasteiger partial charge in [0.2, 0.25) is 5.91 Å². The number of carbonyl (C=O) groups is 1. The van der Waals surface area contributed by atoms with E-state index in [1.54, 1.807) is 6.07 Å². The lowest BCUT2D eigenvalue weighted by atomic mass is 9.87. The minimum Gasteiger partial charge on any atom is -0.394 e. The molecule has 3 aliphatic heterocycles. The van der Waals surface area contributed by atoms with Gasteiger partial charge in [-0.2, -0.15) is 4.98 Å². The lowest BCUT2D eigenvalue weighted by molar-refractivity contribution is -0.114. The highest BCUT2D eigenvalue weighted by molar-refractivity contribution is 7.45. The van der Waals surface area contributed by atoms with Crippen molar-refractivity contribution >= 4 is 20.3 Å². The third kappa shape index (κ3) is 4.30. The van der Waals surface area contributed by atoms with E-state index in [-0.39, 0.29) is 24.4 Å². The average Bonchev–Trinajstić information content (AvgIpc) is 3.51. The van der Waals surface area contributed by atoms with Crippen molar-refractivity contribution in [1.82, 2.24) is 14.2 Å². The first kappa shape index (κ1) is 23.5. The van der Waals surface area contributed by atoms with E-state index in [2.05, 4.69) is 34.0 Å². The van der Waals surface area contributed by atoms with Gasteiger partial charge in [0.05, 0.1) is 18.8 Å². The summed E-state index contributed by atoms with van der Waals surface area (Å²) in [5, 5.41) is 12.4. The molecule has 0 spiro atoms. The lowest BCUT2D eigenvalue weighted by Crippen LogP contribution is -2.36. The molecule has 10 nitrogen and oxygen atoms in total. The minimum atomic E-state index is -1.36. The summed E-state index contributed by atoms with van der Waals surface area (Å²) in [5.74, 6) is -0.126. The number of rotatable bonds is 6. The molecular weight excluding hydrogens is 459 g/mol. The molecule has 3 saturated heterocycles. The minimum absolute atomic E-state index is 0.182. The maximum absolute atomic E-state index is 12.5. The Balaban J connectivity index is 1.33. The SMILES string of the molecule is CC(=O)Nc1ccn([C@H]2C[C@@H](O[P@@]3O[C@](C)(c4ccccc4)[C@@H]4CCCN43)[C@@H](CO)O2)c(=O)n1. The first-order valence-corrected chi connectivity index (χ1v) is 12.6. The molecule has 1 aromatic heterocycles. The van der Waals surface area contributed by atoms with Crippen LogP contribution in [0, 0.1) is 0 Å². The molecule has 4 heterocycles. The molecule has 0 aliphatic carbocycles. The predicted molar refractivity (Wildman–Crippen MR) is 125 cm³/mol. The van der Waals surface area contributed by atoms with Crippen molar-refractivity contribution in [3.8, 4) is 0 Å². The molecule has 2 N–H and O–H groups in total. The van der Waals surface area contributed by atoms with Crippen molar-refractivity contribution in [1.29, 1.82) is 0 Å². The Morgan fingerprint density at radius 3 is 2.85 bits per heavy atom. The number of fused-ring (bicyclic) bond motifs is 1. The van der Waals surface area contributed by atoms with Crippen molar-refractivity contribution in [3.63, 3.8) is 0 Å². The molecule has 6 atom stereocenters. The van der Waals surface area contributed by atoms with E-state index in [1.807, 2.05) is 18.2 Å². The molecule has 5 rings (SSSR count). The van der Waals surface area contributed by atoms with E-state index in [4.69, 9.17) is 13.8 Å². The van der Waals surface area contributed by atoms with E-state index in [0.717, 1.165) is 24.9 Å². The third-order valence-electron chi connectivity index (χ3n) is 6.72. The van der Waals surface area contributed by atoms with Crippen molar-refractivity contribution in [3.05, 3.63) is 58.6 Å². The van der Waals surface area contributed by atoms with Crippen LogP contribution in [0.15, 0.2) is 47.4 Å². The molecule has 182 valence electrons. The van der Waals surface area contributed by atoms with Gasteiger partial charge in [0, 0.05) is 26.1 Å². The number of hydrogen-bond acceptors (Lipinski definition) is 8. The molecule has 11 heteroatoms. The van der Waals surface area contributed by atoms with Crippen LogP contribution < -0.4 is 11.0 Å². The van der Waals surface area contributed by atoms with Crippen molar-refractivity contribution in [2.45, 2.75) is 63.2 Å². The number of ether oxygens (including phenoxy) is 1. The maximum atomic E-state index is 12.5. The Hall–Kier alpha value is -2.20. The number of carbonyl (C=O) groups excluding carboxylic acids is 1. The molecule has 0 saturated carbocycles. The first-order chi connectivity index (χ1) is 16.4. The predicted octanol–water partition coefficient (Wildman–Crippen LogP) is 2.50. The number of aliphatic hydroxyl groups excluding tert-OH is 1. The van der Waals surface area contributed by atoms with E-state index >= 15 is 0 Å². The molecule has 0 bridgehead atoms. The molecule has 0 radical (unpaired) electrons. The van der Waals surface area contributed by atoms with Crippen LogP contribution in [0.2, 0.25) is 0 Å². The Bertz CT molecular complexity index is 1100. The van der Waals surface area contributed by atoms with Gasteiger partial charge < -0.3 is 24.2 Å². The van der Waals surface area contributed by atoms with Gasteiger partial charge in [-0.15, -0.1) is 0 Å². The second-order valence-electron chi connectivity index (χ2n) is 9.00. The molecule has 1 amide bonds. The first-order valence-electron chi connectivity index (χ1n) is 11.5. The topological polar surface area (TPSA) is 115 Å². The van der Waals surface area contributed by atoms with Gasteiger partial charge in [-0.25, -0.2) is 9.46 Å². The molecule has 0 unspecified atom stereocenters. The fraction of sp³-hybridized carbons (Fsp3) is 0.522. The normalized spacial score (nSPS) is 33.2. The van der Waals surface area contributed by atoms with E-state index in [0.29, 0.717) is 6.42 Å². The van der Waals surface area contributed by atoms with Crippen LogP contribution >= 0.6 is 8.53 Å². The highest BCUT2D eigenvalue weighted by Crippen LogP contribution is 2.63. The second-order valence-corrected chi connectivity index (χ2v) is 10.4. The molecule has 2 aromatic rings. The number of nitrogens with zero attached hydrogens (tertiary/aromatic N) is 3. The smallest absolute Gasteiger partial charge is 0.351 e. The summed E-state index contributed by atoms with van der Waals surface area (Å²) in [6.07, 6.45) is 2.33. The van der Waals surface area contributed by atoms with Crippen LogP contribution in [0.3, 0.4) is 0 Å². The summed E-state index contributed by atoms with van der Waals surface area (Å²) in [4.78, 5) is 27.7. The number of hydrogen-bond donors (Lipinski definition) is 2. The summed E-state index contributed by atoms with van der Waals surface area (Å²) in [6.45, 7) is 4.13. The largest absolute Gasteiger partial charge is 0.394 e. The van der Waals surface area contributed by atoms with Gasteiger partial charge in [0.15, 0.2) is 0 Å². The van der Waals surface area contributed by atoms with Gasteiger partial charge >= 0.3 is 5.69 Å². The van der Waals surface area contributed by atoms with Crippen LogP contribution in [0.5, 0.6) is 0 Å². The average molecular weight is 488 g/mol. The van der Waals surface area contributed by atoms with E-state index in [1.165, 1.54) is 17.7 Å². The Morgan fingerprint density at radius 2 is 2.15 bits per heavy atom. The Labute approximate surface area is 198 Å². The number of amides is 1. The summed E-state index contributed by atoms with van der Waals surface area (Å²) < 4.78 is 22.7. The molecule has 34 heavy (non-hydrogen) atoms. The molecular formula is C23H29N4O6P. The maximum Gasteiger partial charge on any atom is 0.351 e. The molecule has 1 aromatic carbocycles.